The smallest absolute Gasteiger partial charge is 0.334 e. The molecule has 0 amide bonds. The van der Waals surface area contributed by atoms with Crippen LogP contribution in [0.2, 0.25) is 0 Å². The Kier molecular flexibility index (Phi) is 3.44. The summed E-state index contributed by atoms with van der Waals surface area (Å²) in [6.45, 7) is 0. The summed E-state index contributed by atoms with van der Waals surface area (Å²) in [7, 11) is 0. The molecule has 1 aromatic carbocycles. The van der Waals surface area contributed by atoms with Crippen molar-refractivity contribution in [3.8, 4) is 0 Å². The van der Waals surface area contributed by atoms with Crippen LogP contribution in [0, 0.1) is 5.92 Å². The molecule has 1 aliphatic rings. The summed E-state index contributed by atoms with van der Waals surface area (Å²) in [6.07, 6.45) is 2.69. The van der Waals surface area contributed by atoms with E-state index in [4.69, 9.17) is 16.6 Å². The molecule has 6 N–H and O–H groups in total. The molecule has 0 saturated heterocycles. The predicted octanol–water partition coefficient (Wildman–Crippen LogP) is 0.409. The first-order chi connectivity index (χ1) is 9.35. The molecule has 20 heavy (non-hydrogen) atoms. The molecule has 0 aliphatic heterocycles. The van der Waals surface area contributed by atoms with Crippen molar-refractivity contribution >= 4 is 17.5 Å². The number of hydrogen-bond acceptors (Lipinski definition) is 4. The van der Waals surface area contributed by atoms with Gasteiger partial charge in [-0.05, 0) is 17.2 Å². The first kappa shape index (κ1) is 14.0. The van der Waals surface area contributed by atoms with Crippen LogP contribution >= 0.6 is 0 Å². The number of aliphatic carboxylic acids is 2. The molecular weight excluding hydrogens is 260 g/mol. The number of carboxylic acids is 2. The summed E-state index contributed by atoms with van der Waals surface area (Å²) in [5.41, 5.74) is 10.3. The Morgan fingerprint density at radius 3 is 2.15 bits per heavy atom. The van der Waals surface area contributed by atoms with Gasteiger partial charge in [-0.3, -0.25) is 4.79 Å². The van der Waals surface area contributed by atoms with E-state index in [1.807, 2.05) is 0 Å². The zero-order chi connectivity index (χ0) is 14.9. The van der Waals surface area contributed by atoms with Crippen LogP contribution in [0.15, 0.2) is 48.1 Å². The quantitative estimate of drug-likeness (QED) is 0.591. The molecule has 0 saturated carbocycles. The van der Waals surface area contributed by atoms with E-state index in [0.717, 1.165) is 0 Å². The second-order valence-corrected chi connectivity index (χ2v) is 4.58. The maximum Gasteiger partial charge on any atom is 0.334 e. The third-order valence-electron chi connectivity index (χ3n) is 3.27. The van der Waals surface area contributed by atoms with E-state index in [-0.39, 0.29) is 5.57 Å². The van der Waals surface area contributed by atoms with Crippen molar-refractivity contribution in [1.82, 2.24) is 0 Å². The molecule has 0 aromatic heterocycles. The van der Waals surface area contributed by atoms with Gasteiger partial charge in [0.1, 0.15) is 11.6 Å². The van der Waals surface area contributed by atoms with Gasteiger partial charge in [0, 0.05) is 0 Å². The third-order valence-corrected chi connectivity index (χ3v) is 3.27. The van der Waals surface area contributed by atoms with E-state index in [0.29, 0.717) is 11.1 Å². The van der Waals surface area contributed by atoms with Gasteiger partial charge in [-0.15, -0.1) is 0 Å². The minimum Gasteiger partial charge on any atom is -0.481 e. The maximum absolute atomic E-state index is 11.5. The fourth-order valence-electron chi connectivity index (χ4n) is 2.31. The Balaban J connectivity index is 2.61. The first-order valence-corrected chi connectivity index (χ1v) is 5.87. The molecule has 2 rings (SSSR count). The number of allylic oxidation sites excluding steroid dienone is 2. The van der Waals surface area contributed by atoms with Crippen LogP contribution in [0.3, 0.4) is 0 Å². The van der Waals surface area contributed by atoms with Gasteiger partial charge in [0.25, 0.3) is 0 Å². The highest BCUT2D eigenvalue weighted by Gasteiger charge is 2.46. The summed E-state index contributed by atoms with van der Waals surface area (Å²) in [4.78, 5) is 22.6. The third kappa shape index (κ3) is 2.22. The lowest BCUT2D eigenvalue weighted by molar-refractivity contribution is -0.141. The zero-order valence-corrected chi connectivity index (χ0v) is 10.5. The van der Waals surface area contributed by atoms with Crippen molar-refractivity contribution in [2.75, 3.05) is 0 Å². The Bertz CT molecular complexity index is 617. The molecule has 0 bridgehead atoms. The lowest BCUT2D eigenvalue weighted by atomic mass is 9.75. The lowest BCUT2D eigenvalue weighted by Crippen LogP contribution is -2.62. The SMILES string of the molecule is NC1(N)C(C(=O)O)=CC=C(c2ccccc2)C1C(=O)O. The predicted molar refractivity (Wildman–Crippen MR) is 72.4 cm³/mol. The highest BCUT2D eigenvalue weighted by atomic mass is 16.4. The van der Waals surface area contributed by atoms with E-state index < -0.39 is 23.5 Å². The maximum atomic E-state index is 11.5. The molecule has 0 heterocycles. The molecule has 0 fully saturated rings. The van der Waals surface area contributed by atoms with Crippen molar-refractivity contribution in [2.45, 2.75) is 5.66 Å². The highest BCUT2D eigenvalue weighted by molar-refractivity contribution is 5.98. The normalized spacial score (nSPS) is 20.8. The van der Waals surface area contributed by atoms with Crippen LogP contribution in [0.1, 0.15) is 5.56 Å². The molecule has 1 aromatic rings. The van der Waals surface area contributed by atoms with Crippen molar-refractivity contribution in [2.24, 2.45) is 17.4 Å². The molecule has 6 heteroatoms. The van der Waals surface area contributed by atoms with Crippen molar-refractivity contribution in [3.05, 3.63) is 53.6 Å². The minimum atomic E-state index is -1.97. The number of carboxylic acid groups (broad SMARTS) is 2. The average Bonchev–Trinajstić information content (AvgIpc) is 2.37. The number of hydrogen-bond donors (Lipinski definition) is 4. The van der Waals surface area contributed by atoms with E-state index >= 15 is 0 Å². The van der Waals surface area contributed by atoms with Crippen LogP contribution in [-0.4, -0.2) is 27.8 Å². The summed E-state index contributed by atoms with van der Waals surface area (Å²) in [5, 5.41) is 18.5. The minimum absolute atomic E-state index is 0.329. The van der Waals surface area contributed by atoms with Gasteiger partial charge in [-0.1, -0.05) is 36.4 Å². The largest absolute Gasteiger partial charge is 0.481 e. The summed E-state index contributed by atoms with van der Waals surface area (Å²) in [5.74, 6) is -3.93. The van der Waals surface area contributed by atoms with Crippen LogP contribution in [0.5, 0.6) is 0 Å². The number of nitrogens with two attached hydrogens (primary N) is 2. The average molecular weight is 274 g/mol. The standard InChI is InChI=1S/C14H14N2O4/c15-14(16)10(12(17)18)7-6-9(11(14)13(19)20)8-4-2-1-3-5-8/h1-7,11H,15-16H2,(H,17,18)(H,19,20). The number of carbonyl (C=O) groups is 2. The van der Waals surface area contributed by atoms with Crippen LogP contribution in [0.4, 0.5) is 0 Å². The van der Waals surface area contributed by atoms with Gasteiger partial charge in [0.2, 0.25) is 0 Å². The molecule has 1 unspecified atom stereocenters. The fourth-order valence-corrected chi connectivity index (χ4v) is 2.31. The van der Waals surface area contributed by atoms with Gasteiger partial charge >= 0.3 is 11.9 Å². The van der Waals surface area contributed by atoms with E-state index in [1.54, 1.807) is 30.3 Å². The van der Waals surface area contributed by atoms with Crippen molar-refractivity contribution in [1.29, 1.82) is 0 Å². The highest BCUT2D eigenvalue weighted by Crippen LogP contribution is 2.36. The monoisotopic (exact) mass is 274 g/mol. The number of rotatable bonds is 3. The Morgan fingerprint density at radius 2 is 1.65 bits per heavy atom. The Morgan fingerprint density at radius 1 is 1.05 bits per heavy atom. The molecule has 0 spiro atoms. The summed E-state index contributed by atoms with van der Waals surface area (Å²) >= 11 is 0. The number of benzene rings is 1. The zero-order valence-electron chi connectivity index (χ0n) is 10.5. The van der Waals surface area contributed by atoms with Gasteiger partial charge in [-0.25, -0.2) is 4.79 Å². The topological polar surface area (TPSA) is 127 Å². The van der Waals surface area contributed by atoms with E-state index in [2.05, 4.69) is 0 Å². The van der Waals surface area contributed by atoms with Gasteiger partial charge < -0.3 is 21.7 Å². The van der Waals surface area contributed by atoms with Crippen molar-refractivity contribution in [3.63, 3.8) is 0 Å². The molecule has 104 valence electrons. The molecule has 6 nitrogen and oxygen atoms in total. The molecule has 1 aliphatic carbocycles. The van der Waals surface area contributed by atoms with Gasteiger partial charge in [0.05, 0.1) is 5.57 Å². The van der Waals surface area contributed by atoms with Crippen LogP contribution in [0.25, 0.3) is 5.57 Å². The Labute approximate surface area is 115 Å². The lowest BCUT2D eigenvalue weighted by Gasteiger charge is -2.35. The van der Waals surface area contributed by atoms with Gasteiger partial charge in [0.15, 0.2) is 0 Å². The van der Waals surface area contributed by atoms with Gasteiger partial charge in [-0.2, -0.15) is 0 Å². The second-order valence-electron chi connectivity index (χ2n) is 4.58. The first-order valence-electron chi connectivity index (χ1n) is 5.87. The molecule has 1 atom stereocenters. The second kappa shape index (κ2) is 4.92. The summed E-state index contributed by atoms with van der Waals surface area (Å²) in [6, 6.07) is 8.73. The van der Waals surface area contributed by atoms with Crippen LogP contribution < -0.4 is 11.5 Å². The Hall–Kier alpha value is -2.44. The van der Waals surface area contributed by atoms with E-state index in [1.165, 1.54) is 12.2 Å². The molecular formula is C14H14N2O4. The van der Waals surface area contributed by atoms with Crippen molar-refractivity contribution < 1.29 is 19.8 Å². The van der Waals surface area contributed by atoms with Crippen LogP contribution in [-0.2, 0) is 9.59 Å². The van der Waals surface area contributed by atoms with E-state index in [9.17, 15) is 14.7 Å². The molecule has 0 radical (unpaired) electrons. The summed E-state index contributed by atoms with van der Waals surface area (Å²) < 4.78 is 0. The fraction of sp³-hybridized carbons (Fsp3) is 0.143.